The van der Waals surface area contributed by atoms with Gasteiger partial charge in [-0.15, -0.1) is 0 Å². The molecule has 64 valence electrons. The van der Waals surface area contributed by atoms with Crippen LogP contribution in [0.5, 0.6) is 0 Å². The number of carbonyl (C=O) groups is 2. The van der Waals surface area contributed by atoms with E-state index in [1.54, 1.807) is 5.32 Å². The van der Waals surface area contributed by atoms with E-state index in [0.29, 0.717) is 0 Å². The fraction of sp³-hybridized carbons (Fsp3) is 0.600. The molecule has 0 heterocycles. The van der Waals surface area contributed by atoms with Crippen molar-refractivity contribution in [3.63, 3.8) is 0 Å². The van der Waals surface area contributed by atoms with Gasteiger partial charge in [-0.25, -0.2) is 9.59 Å². The highest BCUT2D eigenvalue weighted by Gasteiger charge is 2.18. The molecule has 1 amide bonds. The van der Waals surface area contributed by atoms with Crippen molar-refractivity contribution in [1.82, 2.24) is 5.32 Å². The van der Waals surface area contributed by atoms with Gasteiger partial charge in [-0.3, -0.25) is 0 Å². The maximum atomic E-state index is 10.2. The molecule has 11 heavy (non-hydrogen) atoms. The van der Waals surface area contributed by atoms with Crippen molar-refractivity contribution in [2.75, 3.05) is 13.7 Å². The molecule has 0 saturated carbocycles. The van der Waals surface area contributed by atoms with Gasteiger partial charge in [0.25, 0.3) is 0 Å². The minimum Gasteiger partial charge on any atom is -0.480 e. The third-order valence-corrected chi connectivity index (χ3v) is 0.929. The standard InChI is InChI=1S/C5H9NO5/c1-11-2-3(4(7)8)6-5(9)10/h3,6H,2H2,1H3,(H,7,8)(H,9,10). The number of amides is 1. The molecular weight excluding hydrogens is 154 g/mol. The van der Waals surface area contributed by atoms with Gasteiger partial charge < -0.3 is 20.3 Å². The predicted molar refractivity (Wildman–Crippen MR) is 34.5 cm³/mol. The van der Waals surface area contributed by atoms with E-state index in [9.17, 15) is 9.59 Å². The second kappa shape index (κ2) is 4.51. The highest BCUT2D eigenvalue weighted by Crippen LogP contribution is 1.84. The molecule has 0 saturated heterocycles. The van der Waals surface area contributed by atoms with Crippen LogP contribution in [0.4, 0.5) is 4.79 Å². The molecule has 6 nitrogen and oxygen atoms in total. The van der Waals surface area contributed by atoms with Crippen LogP contribution in [0.1, 0.15) is 0 Å². The van der Waals surface area contributed by atoms with Crippen LogP contribution in [0.25, 0.3) is 0 Å². The summed E-state index contributed by atoms with van der Waals surface area (Å²) in [4.78, 5) is 20.2. The van der Waals surface area contributed by atoms with Crippen molar-refractivity contribution in [3.8, 4) is 0 Å². The van der Waals surface area contributed by atoms with Gasteiger partial charge in [0.2, 0.25) is 0 Å². The van der Waals surface area contributed by atoms with Gasteiger partial charge in [0, 0.05) is 7.11 Å². The molecule has 0 aliphatic rings. The lowest BCUT2D eigenvalue weighted by Crippen LogP contribution is -2.43. The Balaban J connectivity index is 3.89. The quantitative estimate of drug-likeness (QED) is 0.512. The molecular formula is C5H9NO5. The Morgan fingerprint density at radius 3 is 2.36 bits per heavy atom. The second-order valence-electron chi connectivity index (χ2n) is 1.80. The zero-order valence-electron chi connectivity index (χ0n) is 5.90. The molecule has 0 aromatic heterocycles. The summed E-state index contributed by atoms with van der Waals surface area (Å²) < 4.78 is 4.46. The van der Waals surface area contributed by atoms with Gasteiger partial charge in [-0.1, -0.05) is 0 Å². The molecule has 0 rings (SSSR count). The Bertz CT molecular complexity index is 157. The molecule has 0 aliphatic carbocycles. The number of hydrogen-bond acceptors (Lipinski definition) is 3. The van der Waals surface area contributed by atoms with Crippen LogP contribution in [-0.2, 0) is 9.53 Å². The summed E-state index contributed by atoms with van der Waals surface area (Å²) in [5.74, 6) is -1.26. The second-order valence-corrected chi connectivity index (χ2v) is 1.80. The highest BCUT2D eigenvalue weighted by atomic mass is 16.5. The third-order valence-electron chi connectivity index (χ3n) is 0.929. The number of carboxylic acid groups (broad SMARTS) is 2. The van der Waals surface area contributed by atoms with Crippen LogP contribution in [0.3, 0.4) is 0 Å². The van der Waals surface area contributed by atoms with E-state index in [1.807, 2.05) is 0 Å². The van der Waals surface area contributed by atoms with Crippen LogP contribution in [0.2, 0.25) is 0 Å². The zero-order chi connectivity index (χ0) is 8.85. The van der Waals surface area contributed by atoms with E-state index < -0.39 is 18.1 Å². The Labute approximate surface area is 62.8 Å². The molecule has 6 heteroatoms. The maximum Gasteiger partial charge on any atom is 0.405 e. The molecule has 0 bridgehead atoms. The van der Waals surface area contributed by atoms with Crippen molar-refractivity contribution in [2.24, 2.45) is 0 Å². The van der Waals surface area contributed by atoms with Crippen molar-refractivity contribution >= 4 is 12.1 Å². The van der Waals surface area contributed by atoms with Crippen LogP contribution < -0.4 is 5.32 Å². The number of hydrogen-bond donors (Lipinski definition) is 3. The van der Waals surface area contributed by atoms with Crippen LogP contribution in [0.15, 0.2) is 0 Å². The van der Waals surface area contributed by atoms with Crippen molar-refractivity contribution in [2.45, 2.75) is 6.04 Å². The van der Waals surface area contributed by atoms with Crippen LogP contribution >= 0.6 is 0 Å². The highest BCUT2D eigenvalue weighted by molar-refractivity contribution is 5.79. The van der Waals surface area contributed by atoms with E-state index in [1.165, 1.54) is 7.11 Å². The lowest BCUT2D eigenvalue weighted by Gasteiger charge is -2.09. The van der Waals surface area contributed by atoms with Crippen LogP contribution in [-0.4, -0.2) is 42.0 Å². The lowest BCUT2D eigenvalue weighted by atomic mass is 10.3. The summed E-state index contributed by atoms with van der Waals surface area (Å²) in [6, 6.07) is -1.20. The topological polar surface area (TPSA) is 95.9 Å². The third kappa shape index (κ3) is 4.15. The number of aliphatic carboxylic acids is 1. The molecule has 1 unspecified atom stereocenters. The van der Waals surface area contributed by atoms with Gasteiger partial charge in [0.1, 0.15) is 0 Å². The minimum atomic E-state index is -1.38. The summed E-state index contributed by atoms with van der Waals surface area (Å²) in [5, 5.41) is 18.2. The molecule has 0 aromatic rings. The largest absolute Gasteiger partial charge is 0.480 e. The van der Waals surface area contributed by atoms with Crippen molar-refractivity contribution < 1.29 is 24.5 Å². The van der Waals surface area contributed by atoms with E-state index >= 15 is 0 Å². The summed E-state index contributed by atoms with van der Waals surface area (Å²) in [6.07, 6.45) is -1.38. The average molecular weight is 163 g/mol. The van der Waals surface area contributed by atoms with E-state index in [2.05, 4.69) is 4.74 Å². The smallest absolute Gasteiger partial charge is 0.405 e. The normalized spacial score (nSPS) is 12.1. The number of carboxylic acids is 1. The monoisotopic (exact) mass is 163 g/mol. The molecule has 0 aliphatic heterocycles. The first-order valence-corrected chi connectivity index (χ1v) is 2.79. The van der Waals surface area contributed by atoms with Gasteiger partial charge in [0.15, 0.2) is 6.04 Å². The molecule has 0 aromatic carbocycles. The first kappa shape index (κ1) is 9.70. The van der Waals surface area contributed by atoms with E-state index in [-0.39, 0.29) is 6.61 Å². The first-order valence-electron chi connectivity index (χ1n) is 2.79. The van der Waals surface area contributed by atoms with Gasteiger partial charge >= 0.3 is 12.1 Å². The Morgan fingerprint density at radius 2 is 2.09 bits per heavy atom. The van der Waals surface area contributed by atoms with Crippen LogP contribution in [0, 0.1) is 0 Å². The fourth-order valence-corrected chi connectivity index (χ4v) is 0.490. The van der Waals surface area contributed by atoms with E-state index in [0.717, 1.165) is 0 Å². The SMILES string of the molecule is COCC(NC(=O)O)C(=O)O. The average Bonchev–Trinajstić information content (AvgIpc) is 1.86. The Kier molecular flexibility index (Phi) is 3.97. The molecule has 3 N–H and O–H groups in total. The summed E-state index contributed by atoms with van der Waals surface area (Å²) >= 11 is 0. The zero-order valence-corrected chi connectivity index (χ0v) is 5.90. The maximum absolute atomic E-state index is 10.2. The van der Waals surface area contributed by atoms with Gasteiger partial charge in [0.05, 0.1) is 6.61 Å². The summed E-state index contributed by atoms with van der Waals surface area (Å²) in [7, 11) is 1.29. The van der Waals surface area contributed by atoms with Gasteiger partial charge in [-0.05, 0) is 0 Å². The number of ether oxygens (including phenoxy) is 1. The molecule has 0 spiro atoms. The van der Waals surface area contributed by atoms with Crippen molar-refractivity contribution in [3.05, 3.63) is 0 Å². The fourth-order valence-electron chi connectivity index (χ4n) is 0.490. The van der Waals surface area contributed by atoms with Crippen molar-refractivity contribution in [1.29, 1.82) is 0 Å². The first-order chi connectivity index (χ1) is 5.07. The molecule has 0 fully saturated rings. The Morgan fingerprint density at radius 1 is 1.55 bits per heavy atom. The summed E-state index contributed by atoms with van der Waals surface area (Å²) in [6.45, 7) is -0.179. The number of nitrogens with one attached hydrogen (secondary N) is 1. The van der Waals surface area contributed by atoms with Gasteiger partial charge in [-0.2, -0.15) is 0 Å². The number of rotatable bonds is 4. The van der Waals surface area contributed by atoms with E-state index in [4.69, 9.17) is 10.2 Å². The molecule has 1 atom stereocenters. The predicted octanol–water partition coefficient (Wildman–Crippen LogP) is -0.646. The summed E-state index contributed by atoms with van der Waals surface area (Å²) in [5.41, 5.74) is 0. The Hall–Kier alpha value is -1.30. The number of methoxy groups -OCH3 is 1. The lowest BCUT2D eigenvalue weighted by molar-refractivity contribution is -0.140. The molecule has 0 radical (unpaired) electrons. The minimum absolute atomic E-state index is 0.179.